The number of nitrogens with zero attached hydrogens (tertiary/aromatic N) is 1. The first-order chi connectivity index (χ1) is 7.88. The Hall–Kier alpha value is -0.610. The van der Waals surface area contributed by atoms with Gasteiger partial charge >= 0.3 is 0 Å². The van der Waals surface area contributed by atoms with Crippen molar-refractivity contribution in [1.82, 2.24) is 4.90 Å². The maximum Gasteiger partial charge on any atom is 0.224 e. The van der Waals surface area contributed by atoms with Crippen molar-refractivity contribution in [2.75, 3.05) is 26.8 Å². The molecule has 4 heteroatoms. The number of ether oxygens (including phenoxy) is 1. The Labute approximate surface area is 104 Å². The maximum absolute atomic E-state index is 11.9. The van der Waals surface area contributed by atoms with E-state index in [1.54, 1.807) is 0 Å². The van der Waals surface area contributed by atoms with E-state index in [9.17, 15) is 4.79 Å². The maximum atomic E-state index is 11.9. The summed E-state index contributed by atoms with van der Waals surface area (Å²) >= 11 is 0. The molecule has 0 bridgehead atoms. The van der Waals surface area contributed by atoms with Gasteiger partial charge in [-0.1, -0.05) is 0 Å². The average Bonchev–Trinajstić information content (AvgIpc) is 2.25. The summed E-state index contributed by atoms with van der Waals surface area (Å²) in [5, 5.41) is 0. The fourth-order valence-corrected chi connectivity index (χ4v) is 2.06. The summed E-state index contributed by atoms with van der Waals surface area (Å²) in [6.45, 7) is 6.35. The fraction of sp³-hybridized carbons (Fsp3) is 0.923. The zero-order chi connectivity index (χ0) is 12.9. The lowest BCUT2D eigenvalue weighted by atomic mass is 9.96. The SMILES string of the molecule is CN(CCC1CCOCC1)C(=O)CC(C)(C)N. The molecule has 4 nitrogen and oxygen atoms in total. The quantitative estimate of drug-likeness (QED) is 0.792. The minimum Gasteiger partial charge on any atom is -0.381 e. The Morgan fingerprint density at radius 2 is 2.00 bits per heavy atom. The van der Waals surface area contributed by atoms with E-state index in [0.29, 0.717) is 12.3 Å². The molecule has 0 unspecified atom stereocenters. The summed E-state index contributed by atoms with van der Waals surface area (Å²) in [4.78, 5) is 13.7. The lowest BCUT2D eigenvalue weighted by Gasteiger charge is -2.26. The van der Waals surface area contributed by atoms with Gasteiger partial charge in [0.2, 0.25) is 5.91 Å². The third-order valence-electron chi connectivity index (χ3n) is 3.25. The van der Waals surface area contributed by atoms with Gasteiger partial charge < -0.3 is 15.4 Å². The Balaban J connectivity index is 2.23. The van der Waals surface area contributed by atoms with Crippen LogP contribution in [0.2, 0.25) is 0 Å². The van der Waals surface area contributed by atoms with Crippen molar-refractivity contribution in [3.05, 3.63) is 0 Å². The molecule has 1 amide bonds. The molecule has 1 aliphatic heterocycles. The van der Waals surface area contributed by atoms with Gasteiger partial charge in [0.25, 0.3) is 0 Å². The Bertz CT molecular complexity index is 242. The molecule has 1 rings (SSSR count). The first-order valence-corrected chi connectivity index (χ1v) is 6.49. The van der Waals surface area contributed by atoms with E-state index in [-0.39, 0.29) is 5.91 Å². The first-order valence-electron chi connectivity index (χ1n) is 6.49. The van der Waals surface area contributed by atoms with Gasteiger partial charge in [-0.25, -0.2) is 0 Å². The molecule has 0 aliphatic carbocycles. The highest BCUT2D eigenvalue weighted by molar-refractivity contribution is 5.76. The lowest BCUT2D eigenvalue weighted by Crippen LogP contribution is -2.40. The normalized spacial score (nSPS) is 18.1. The van der Waals surface area contributed by atoms with Gasteiger partial charge in [0, 0.05) is 38.8 Å². The average molecular weight is 242 g/mol. The molecule has 0 radical (unpaired) electrons. The molecular weight excluding hydrogens is 216 g/mol. The van der Waals surface area contributed by atoms with Gasteiger partial charge in [0.1, 0.15) is 0 Å². The molecular formula is C13H26N2O2. The molecule has 2 N–H and O–H groups in total. The Morgan fingerprint density at radius 3 is 2.53 bits per heavy atom. The summed E-state index contributed by atoms with van der Waals surface area (Å²) in [6, 6.07) is 0. The predicted octanol–water partition coefficient (Wildman–Crippen LogP) is 1.39. The third-order valence-corrected chi connectivity index (χ3v) is 3.25. The Kier molecular flexibility index (Phi) is 5.40. The largest absolute Gasteiger partial charge is 0.381 e. The highest BCUT2D eigenvalue weighted by Gasteiger charge is 2.20. The zero-order valence-corrected chi connectivity index (χ0v) is 11.4. The van der Waals surface area contributed by atoms with Crippen molar-refractivity contribution < 1.29 is 9.53 Å². The standard InChI is InChI=1S/C13H26N2O2/c1-13(2,14)10-12(16)15(3)7-4-11-5-8-17-9-6-11/h11H,4-10,14H2,1-3H3. The van der Waals surface area contributed by atoms with Crippen LogP contribution in [0, 0.1) is 5.92 Å². The topological polar surface area (TPSA) is 55.6 Å². The summed E-state index contributed by atoms with van der Waals surface area (Å²) < 4.78 is 5.32. The molecule has 0 aromatic carbocycles. The van der Waals surface area contributed by atoms with E-state index in [4.69, 9.17) is 10.5 Å². The van der Waals surface area contributed by atoms with Crippen molar-refractivity contribution in [1.29, 1.82) is 0 Å². The van der Waals surface area contributed by atoms with Gasteiger partial charge in [0.05, 0.1) is 0 Å². The second-order valence-electron chi connectivity index (χ2n) is 5.83. The van der Waals surface area contributed by atoms with Crippen LogP contribution < -0.4 is 5.73 Å². The van der Waals surface area contributed by atoms with Crippen molar-refractivity contribution >= 4 is 5.91 Å². The minimum absolute atomic E-state index is 0.143. The van der Waals surface area contributed by atoms with Gasteiger partial charge in [-0.2, -0.15) is 0 Å². The number of carbonyl (C=O) groups excluding carboxylic acids is 1. The van der Waals surface area contributed by atoms with Crippen molar-refractivity contribution in [3.63, 3.8) is 0 Å². The zero-order valence-electron chi connectivity index (χ0n) is 11.4. The van der Waals surface area contributed by atoms with E-state index in [0.717, 1.165) is 39.0 Å². The van der Waals surface area contributed by atoms with E-state index in [2.05, 4.69) is 0 Å². The molecule has 1 aliphatic rings. The second-order valence-corrected chi connectivity index (χ2v) is 5.83. The van der Waals surface area contributed by atoms with Crippen LogP contribution in [0.1, 0.15) is 39.5 Å². The molecule has 0 spiro atoms. The van der Waals surface area contributed by atoms with Crippen LogP contribution in [-0.4, -0.2) is 43.2 Å². The highest BCUT2D eigenvalue weighted by Crippen LogP contribution is 2.18. The van der Waals surface area contributed by atoms with Crippen molar-refractivity contribution in [2.24, 2.45) is 11.7 Å². The molecule has 0 aromatic rings. The van der Waals surface area contributed by atoms with Crippen LogP contribution in [0.15, 0.2) is 0 Å². The highest BCUT2D eigenvalue weighted by atomic mass is 16.5. The lowest BCUT2D eigenvalue weighted by molar-refractivity contribution is -0.131. The van der Waals surface area contributed by atoms with Crippen LogP contribution in [0.4, 0.5) is 0 Å². The molecule has 1 saturated heterocycles. The van der Waals surface area contributed by atoms with Crippen molar-refractivity contribution in [2.45, 2.75) is 45.1 Å². The summed E-state index contributed by atoms with van der Waals surface area (Å²) in [5.74, 6) is 0.856. The summed E-state index contributed by atoms with van der Waals surface area (Å²) in [7, 11) is 1.87. The number of carbonyl (C=O) groups is 1. The van der Waals surface area contributed by atoms with Gasteiger partial charge in [-0.15, -0.1) is 0 Å². The van der Waals surface area contributed by atoms with Crippen LogP contribution in [0.5, 0.6) is 0 Å². The first kappa shape index (κ1) is 14.5. The van der Waals surface area contributed by atoms with Gasteiger partial charge in [0.15, 0.2) is 0 Å². The fourth-order valence-electron chi connectivity index (χ4n) is 2.06. The molecule has 100 valence electrons. The van der Waals surface area contributed by atoms with Crippen LogP contribution in [0.25, 0.3) is 0 Å². The minimum atomic E-state index is -0.413. The van der Waals surface area contributed by atoms with E-state index >= 15 is 0 Å². The van der Waals surface area contributed by atoms with Gasteiger partial charge in [-0.05, 0) is 39.0 Å². The number of hydrogen-bond donors (Lipinski definition) is 1. The Morgan fingerprint density at radius 1 is 1.41 bits per heavy atom. The number of hydrogen-bond acceptors (Lipinski definition) is 3. The molecule has 0 saturated carbocycles. The molecule has 1 heterocycles. The third kappa shape index (κ3) is 6.03. The van der Waals surface area contributed by atoms with Crippen LogP contribution >= 0.6 is 0 Å². The predicted molar refractivity (Wildman–Crippen MR) is 68.7 cm³/mol. The smallest absolute Gasteiger partial charge is 0.224 e. The molecule has 17 heavy (non-hydrogen) atoms. The second kappa shape index (κ2) is 6.36. The van der Waals surface area contributed by atoms with E-state index in [1.165, 1.54) is 0 Å². The van der Waals surface area contributed by atoms with Crippen LogP contribution in [-0.2, 0) is 9.53 Å². The van der Waals surface area contributed by atoms with Gasteiger partial charge in [-0.3, -0.25) is 4.79 Å². The number of rotatable bonds is 5. The summed E-state index contributed by atoms with van der Waals surface area (Å²) in [5.41, 5.74) is 5.44. The molecule has 1 fully saturated rings. The van der Waals surface area contributed by atoms with Crippen LogP contribution in [0.3, 0.4) is 0 Å². The summed E-state index contributed by atoms with van der Waals surface area (Å²) in [6.07, 6.45) is 3.75. The molecule has 0 aromatic heterocycles. The monoisotopic (exact) mass is 242 g/mol. The van der Waals surface area contributed by atoms with E-state index < -0.39 is 5.54 Å². The number of nitrogens with two attached hydrogens (primary N) is 1. The number of amides is 1. The van der Waals surface area contributed by atoms with E-state index in [1.807, 2.05) is 25.8 Å². The van der Waals surface area contributed by atoms with Crippen molar-refractivity contribution in [3.8, 4) is 0 Å². The molecule has 0 atom stereocenters.